The highest BCUT2D eigenvalue weighted by Gasteiger charge is 2.40. The Labute approximate surface area is 179 Å². The van der Waals surface area contributed by atoms with Crippen molar-refractivity contribution in [3.8, 4) is 11.5 Å². The molecule has 2 aliphatic rings. The lowest BCUT2D eigenvalue weighted by atomic mass is 9.91. The number of aliphatic hydroxyl groups is 1. The molecule has 2 atom stereocenters. The maximum Gasteiger partial charge on any atom is 0.227 e. The number of carbonyl (C=O) groups is 1. The lowest BCUT2D eigenvalue weighted by Gasteiger charge is -2.36. The van der Waals surface area contributed by atoms with Crippen LogP contribution < -0.4 is 19.7 Å². The molecular formula is C23H26F2N2O4. The van der Waals surface area contributed by atoms with Crippen LogP contribution in [0.2, 0.25) is 0 Å². The maximum absolute atomic E-state index is 14.8. The van der Waals surface area contributed by atoms with Crippen molar-refractivity contribution < 1.29 is 28.2 Å². The van der Waals surface area contributed by atoms with Gasteiger partial charge in [0.2, 0.25) is 5.91 Å². The molecule has 2 N–H and O–H groups in total. The zero-order chi connectivity index (χ0) is 22.0. The number of nitrogens with zero attached hydrogens (tertiary/aromatic N) is 1. The van der Waals surface area contributed by atoms with Crippen molar-refractivity contribution in [1.29, 1.82) is 0 Å². The van der Waals surface area contributed by atoms with Gasteiger partial charge in [-0.15, -0.1) is 0 Å². The first-order valence-corrected chi connectivity index (χ1v) is 10.4. The molecule has 1 amide bonds. The van der Waals surface area contributed by atoms with E-state index in [4.69, 9.17) is 9.47 Å². The van der Waals surface area contributed by atoms with E-state index in [0.29, 0.717) is 30.0 Å². The number of halogens is 2. The smallest absolute Gasteiger partial charge is 0.227 e. The topological polar surface area (TPSA) is 71.0 Å². The molecule has 0 unspecified atom stereocenters. The van der Waals surface area contributed by atoms with E-state index in [1.54, 1.807) is 19.2 Å². The molecule has 2 aliphatic heterocycles. The van der Waals surface area contributed by atoms with E-state index in [1.165, 1.54) is 17.0 Å². The van der Waals surface area contributed by atoms with Crippen molar-refractivity contribution in [1.82, 2.24) is 5.32 Å². The zero-order valence-electron chi connectivity index (χ0n) is 17.4. The number of methoxy groups -OCH3 is 1. The molecule has 0 radical (unpaired) electrons. The van der Waals surface area contributed by atoms with Crippen molar-refractivity contribution >= 4 is 11.6 Å². The number of hydrogen-bond acceptors (Lipinski definition) is 5. The number of nitrogens with one attached hydrogen (secondary N) is 1. The fourth-order valence-corrected chi connectivity index (χ4v) is 4.08. The first kappa shape index (κ1) is 21.5. The van der Waals surface area contributed by atoms with Crippen LogP contribution in [-0.2, 0) is 17.8 Å². The van der Waals surface area contributed by atoms with Gasteiger partial charge in [-0.05, 0) is 49.2 Å². The largest absolute Gasteiger partial charge is 0.497 e. The number of fused-ring (bicyclic) bond motifs is 1. The van der Waals surface area contributed by atoms with Crippen molar-refractivity contribution in [3.63, 3.8) is 0 Å². The van der Waals surface area contributed by atoms with Gasteiger partial charge in [0.15, 0.2) is 0 Å². The first-order valence-electron chi connectivity index (χ1n) is 10.4. The van der Waals surface area contributed by atoms with Crippen LogP contribution >= 0.6 is 0 Å². The number of benzene rings is 2. The van der Waals surface area contributed by atoms with E-state index in [0.717, 1.165) is 5.56 Å². The van der Waals surface area contributed by atoms with Gasteiger partial charge in [-0.1, -0.05) is 12.1 Å². The highest BCUT2D eigenvalue weighted by molar-refractivity contribution is 5.97. The van der Waals surface area contributed by atoms with Gasteiger partial charge < -0.3 is 24.8 Å². The van der Waals surface area contributed by atoms with Crippen LogP contribution in [-0.4, -0.2) is 49.6 Å². The standard InChI is InChI=1S/C23H26F2N2O4/c1-30-16-4-2-15(3-5-16)13-27-21(28)9-6-17-19(8-7-18(24)22(17)27)31-14-23(29)10-11-26-12-20(23)25/h2-5,7-8,20,26,29H,6,9-14H2,1H3/t20-,23+/m1/s1. The molecule has 8 heteroatoms. The van der Waals surface area contributed by atoms with Crippen LogP contribution in [0.1, 0.15) is 24.0 Å². The minimum atomic E-state index is -1.60. The summed E-state index contributed by atoms with van der Waals surface area (Å²) >= 11 is 0. The molecule has 2 aromatic rings. The summed E-state index contributed by atoms with van der Waals surface area (Å²) in [5, 5.41) is 13.5. The van der Waals surface area contributed by atoms with Crippen molar-refractivity contribution in [2.75, 3.05) is 31.7 Å². The number of rotatable bonds is 6. The Bertz CT molecular complexity index is 953. The predicted molar refractivity (Wildman–Crippen MR) is 112 cm³/mol. The lowest BCUT2D eigenvalue weighted by molar-refractivity contribution is -0.119. The fourth-order valence-electron chi connectivity index (χ4n) is 4.08. The van der Waals surface area contributed by atoms with Crippen LogP contribution in [0.5, 0.6) is 11.5 Å². The molecule has 2 heterocycles. The van der Waals surface area contributed by atoms with E-state index in [-0.39, 0.29) is 44.1 Å². The van der Waals surface area contributed by atoms with Crippen molar-refractivity contribution in [2.45, 2.75) is 37.6 Å². The monoisotopic (exact) mass is 432 g/mol. The Kier molecular flexibility index (Phi) is 6.11. The van der Waals surface area contributed by atoms with Gasteiger partial charge in [-0.2, -0.15) is 0 Å². The first-order chi connectivity index (χ1) is 14.9. The maximum atomic E-state index is 14.8. The number of alkyl halides is 1. The summed E-state index contributed by atoms with van der Waals surface area (Å²) < 4.78 is 40.0. The quantitative estimate of drug-likeness (QED) is 0.735. The SMILES string of the molecule is COc1ccc(CN2C(=O)CCc3c(OC[C@@]4(O)CCNC[C@H]4F)ccc(F)c32)cc1. The number of carbonyl (C=O) groups excluding carboxylic acids is 1. The average molecular weight is 432 g/mol. The normalized spacial score (nSPS) is 23.4. The Morgan fingerprint density at radius 2 is 2.00 bits per heavy atom. The van der Waals surface area contributed by atoms with Gasteiger partial charge in [0.05, 0.1) is 19.3 Å². The van der Waals surface area contributed by atoms with E-state index >= 15 is 0 Å². The van der Waals surface area contributed by atoms with E-state index in [9.17, 15) is 18.7 Å². The van der Waals surface area contributed by atoms with Gasteiger partial charge in [0.1, 0.15) is 35.7 Å². The second kappa shape index (κ2) is 8.80. The van der Waals surface area contributed by atoms with Gasteiger partial charge in [0, 0.05) is 18.5 Å². The van der Waals surface area contributed by atoms with Crippen LogP contribution in [0.15, 0.2) is 36.4 Å². The highest BCUT2D eigenvalue weighted by atomic mass is 19.1. The third-order valence-corrected chi connectivity index (χ3v) is 5.97. The Balaban J connectivity index is 1.59. The van der Waals surface area contributed by atoms with Crippen molar-refractivity contribution in [2.24, 2.45) is 0 Å². The second-order valence-electron chi connectivity index (χ2n) is 8.01. The van der Waals surface area contributed by atoms with E-state index in [1.807, 2.05) is 12.1 Å². The van der Waals surface area contributed by atoms with Crippen LogP contribution in [0.25, 0.3) is 0 Å². The van der Waals surface area contributed by atoms with Gasteiger partial charge in [-0.25, -0.2) is 8.78 Å². The number of hydrogen-bond donors (Lipinski definition) is 2. The molecule has 166 valence electrons. The lowest BCUT2D eigenvalue weighted by Crippen LogP contribution is -2.55. The molecule has 4 rings (SSSR count). The minimum Gasteiger partial charge on any atom is -0.497 e. The average Bonchev–Trinajstić information content (AvgIpc) is 2.78. The second-order valence-corrected chi connectivity index (χ2v) is 8.01. The minimum absolute atomic E-state index is 0.0610. The fraction of sp³-hybridized carbons (Fsp3) is 0.435. The molecule has 1 saturated heterocycles. The molecule has 6 nitrogen and oxygen atoms in total. The molecule has 1 fully saturated rings. The summed E-state index contributed by atoms with van der Waals surface area (Å²) in [5.41, 5.74) is -0.0310. The third kappa shape index (κ3) is 4.36. The van der Waals surface area contributed by atoms with E-state index < -0.39 is 17.6 Å². The highest BCUT2D eigenvalue weighted by Crippen LogP contribution is 2.38. The molecule has 0 spiro atoms. The third-order valence-electron chi connectivity index (χ3n) is 5.97. The van der Waals surface area contributed by atoms with Crippen LogP contribution in [0.4, 0.5) is 14.5 Å². The summed E-state index contributed by atoms with van der Waals surface area (Å²) in [7, 11) is 1.57. The molecular weight excluding hydrogens is 406 g/mol. The van der Waals surface area contributed by atoms with Crippen molar-refractivity contribution in [3.05, 3.63) is 53.3 Å². The number of ether oxygens (including phenoxy) is 2. The summed E-state index contributed by atoms with van der Waals surface area (Å²) in [5.74, 6) is 0.355. The number of piperidine rings is 1. The summed E-state index contributed by atoms with van der Waals surface area (Å²) in [6.45, 7) is 0.524. The zero-order valence-corrected chi connectivity index (χ0v) is 17.4. The number of amides is 1. The summed E-state index contributed by atoms with van der Waals surface area (Å²) in [6.07, 6.45) is -0.701. The van der Waals surface area contributed by atoms with E-state index in [2.05, 4.69) is 5.32 Å². The molecule has 0 saturated carbocycles. The predicted octanol–water partition coefficient (Wildman–Crippen LogP) is 2.76. The summed E-state index contributed by atoms with van der Waals surface area (Å²) in [6, 6.07) is 9.95. The molecule has 31 heavy (non-hydrogen) atoms. The van der Waals surface area contributed by atoms with Gasteiger partial charge in [0.25, 0.3) is 0 Å². The number of anilines is 1. The molecule has 0 aromatic heterocycles. The van der Waals surface area contributed by atoms with Crippen LogP contribution in [0.3, 0.4) is 0 Å². The molecule has 2 aromatic carbocycles. The van der Waals surface area contributed by atoms with Gasteiger partial charge in [-0.3, -0.25) is 4.79 Å². The molecule has 0 aliphatic carbocycles. The Morgan fingerprint density at radius 1 is 1.23 bits per heavy atom. The van der Waals surface area contributed by atoms with Crippen LogP contribution in [0, 0.1) is 5.82 Å². The Hall–Kier alpha value is -2.71. The van der Waals surface area contributed by atoms with Gasteiger partial charge >= 0.3 is 0 Å². The molecule has 0 bridgehead atoms. The summed E-state index contributed by atoms with van der Waals surface area (Å²) in [4.78, 5) is 14.1. The Morgan fingerprint density at radius 3 is 2.71 bits per heavy atom.